The fourth-order valence-corrected chi connectivity index (χ4v) is 3.57. The van der Waals surface area contributed by atoms with E-state index in [2.05, 4.69) is 5.32 Å². The van der Waals surface area contributed by atoms with E-state index < -0.39 is 0 Å². The number of phenols is 1. The molecular weight excluding hydrogens is 381 g/mol. The lowest BCUT2D eigenvalue weighted by molar-refractivity contribution is -0.115. The summed E-state index contributed by atoms with van der Waals surface area (Å²) in [4.78, 5) is 22.1. The van der Waals surface area contributed by atoms with Gasteiger partial charge in [0, 0.05) is 5.56 Å². The number of carbonyl (C=O) groups is 1. The smallest absolute Gasteiger partial charge is 0.230 e. The van der Waals surface area contributed by atoms with Gasteiger partial charge < -0.3 is 10.4 Å². The van der Waals surface area contributed by atoms with Crippen molar-refractivity contribution in [2.45, 2.75) is 33.1 Å². The van der Waals surface area contributed by atoms with Gasteiger partial charge in [0.1, 0.15) is 17.3 Å². The molecule has 1 heterocycles. The summed E-state index contributed by atoms with van der Waals surface area (Å²) < 4.78 is 13.6. The highest BCUT2D eigenvalue weighted by Crippen LogP contribution is 2.33. The fraction of sp³-hybridized carbons (Fsp3) is 0.208. The number of nitrogens with one attached hydrogen (secondary N) is 1. The van der Waals surface area contributed by atoms with Crippen molar-refractivity contribution in [2.24, 2.45) is 0 Å². The highest BCUT2D eigenvalue weighted by Gasteiger charge is 2.22. The van der Waals surface area contributed by atoms with E-state index in [0.717, 1.165) is 33.7 Å². The molecule has 1 aliphatic carbocycles. The monoisotopic (exact) mass is 403 g/mol. The van der Waals surface area contributed by atoms with E-state index >= 15 is 0 Å². The van der Waals surface area contributed by atoms with Crippen LogP contribution in [-0.2, 0) is 24.1 Å². The first-order valence-electron chi connectivity index (χ1n) is 9.81. The molecule has 3 aromatic rings. The molecule has 1 amide bonds. The fourth-order valence-electron chi connectivity index (χ4n) is 3.57. The van der Waals surface area contributed by atoms with Crippen molar-refractivity contribution >= 4 is 17.8 Å². The number of hydrogen-bond acceptors (Lipinski definition) is 4. The Hall–Kier alpha value is -3.54. The Balaban J connectivity index is 1.68. The quantitative estimate of drug-likeness (QED) is 0.663. The zero-order valence-electron chi connectivity index (χ0n) is 16.9. The molecule has 0 aliphatic heterocycles. The van der Waals surface area contributed by atoms with E-state index in [9.17, 15) is 14.3 Å². The Kier molecular flexibility index (Phi) is 5.31. The maximum atomic E-state index is 13.6. The minimum atomic E-state index is -0.257. The lowest BCUT2D eigenvalue weighted by Gasteiger charge is -2.20. The Morgan fingerprint density at radius 2 is 1.90 bits per heavy atom. The largest absolute Gasteiger partial charge is 0.508 e. The van der Waals surface area contributed by atoms with Crippen molar-refractivity contribution in [3.05, 3.63) is 76.4 Å². The summed E-state index contributed by atoms with van der Waals surface area (Å²) in [7, 11) is 0. The van der Waals surface area contributed by atoms with Crippen molar-refractivity contribution in [1.82, 2.24) is 9.97 Å². The van der Waals surface area contributed by atoms with Crippen LogP contribution in [-0.4, -0.2) is 21.0 Å². The van der Waals surface area contributed by atoms with E-state index in [1.807, 2.05) is 19.9 Å². The first-order chi connectivity index (χ1) is 14.4. The van der Waals surface area contributed by atoms with E-state index in [4.69, 9.17) is 9.97 Å². The molecule has 0 fully saturated rings. The second-order valence-corrected chi connectivity index (χ2v) is 7.67. The number of allylic oxidation sites excluding steroid dienone is 1. The number of halogens is 1. The molecule has 0 spiro atoms. The maximum absolute atomic E-state index is 13.6. The van der Waals surface area contributed by atoms with Crippen LogP contribution < -0.4 is 5.32 Å². The van der Waals surface area contributed by atoms with Crippen molar-refractivity contribution < 1.29 is 14.3 Å². The normalized spacial score (nSPS) is 12.0. The number of rotatable bonds is 4. The van der Waals surface area contributed by atoms with Crippen molar-refractivity contribution in [3.8, 4) is 17.0 Å². The molecule has 0 bridgehead atoms. The lowest BCUT2D eigenvalue weighted by atomic mass is 9.91. The summed E-state index contributed by atoms with van der Waals surface area (Å²) in [5.41, 5.74) is 5.72. The van der Waals surface area contributed by atoms with Crippen LogP contribution >= 0.6 is 0 Å². The van der Waals surface area contributed by atoms with Crippen LogP contribution in [0.25, 0.3) is 17.3 Å². The van der Waals surface area contributed by atoms with Crippen molar-refractivity contribution in [3.63, 3.8) is 0 Å². The minimum absolute atomic E-state index is 0.158. The Morgan fingerprint density at radius 3 is 2.63 bits per heavy atom. The summed E-state index contributed by atoms with van der Waals surface area (Å²) in [5.74, 6) is 0.111. The van der Waals surface area contributed by atoms with Gasteiger partial charge in [0.15, 0.2) is 5.82 Å². The number of carbonyl (C=O) groups excluding carboxylic acids is 1. The third-order valence-corrected chi connectivity index (χ3v) is 4.93. The predicted octanol–water partition coefficient (Wildman–Crippen LogP) is 4.69. The van der Waals surface area contributed by atoms with Gasteiger partial charge in [-0.2, -0.15) is 0 Å². The molecule has 6 heteroatoms. The van der Waals surface area contributed by atoms with E-state index in [-0.39, 0.29) is 23.9 Å². The predicted molar refractivity (Wildman–Crippen MR) is 115 cm³/mol. The van der Waals surface area contributed by atoms with Gasteiger partial charge in [-0.1, -0.05) is 17.7 Å². The number of phenolic OH excluding ortho intramolecular Hbond substituents is 1. The topological polar surface area (TPSA) is 75.1 Å². The SMILES string of the molecule is CC(C)=Cc1nc2c(nc1NC(=O)Cc1ccc(O)cc1)CCc1cc(F)ccc1-2. The number of anilines is 1. The highest BCUT2D eigenvalue weighted by atomic mass is 19.1. The molecule has 0 atom stereocenters. The Bertz CT molecular complexity index is 1150. The molecule has 4 rings (SSSR count). The number of fused-ring (bicyclic) bond motifs is 3. The second kappa shape index (κ2) is 8.06. The Morgan fingerprint density at radius 1 is 1.13 bits per heavy atom. The minimum Gasteiger partial charge on any atom is -0.508 e. The molecule has 0 unspecified atom stereocenters. The Labute approximate surface area is 174 Å². The average molecular weight is 403 g/mol. The van der Waals surface area contributed by atoms with Gasteiger partial charge in [0.05, 0.1) is 17.8 Å². The van der Waals surface area contributed by atoms with Crippen molar-refractivity contribution in [1.29, 1.82) is 0 Å². The molecule has 0 saturated heterocycles. The molecule has 0 saturated carbocycles. The van der Waals surface area contributed by atoms with Crippen LogP contribution in [0, 0.1) is 5.82 Å². The third-order valence-electron chi connectivity index (χ3n) is 4.93. The number of amides is 1. The summed E-state index contributed by atoms with van der Waals surface area (Å²) in [6, 6.07) is 11.2. The molecule has 152 valence electrons. The second-order valence-electron chi connectivity index (χ2n) is 7.67. The maximum Gasteiger partial charge on any atom is 0.230 e. The summed E-state index contributed by atoms with van der Waals surface area (Å²) >= 11 is 0. The van der Waals surface area contributed by atoms with Crippen LogP contribution in [0.5, 0.6) is 5.75 Å². The van der Waals surface area contributed by atoms with Crippen molar-refractivity contribution in [2.75, 3.05) is 5.32 Å². The van der Waals surface area contributed by atoms with Crippen LogP contribution in [0.15, 0.2) is 48.0 Å². The average Bonchev–Trinajstić information content (AvgIpc) is 2.69. The first kappa shape index (κ1) is 19.8. The van der Waals surface area contributed by atoms with Gasteiger partial charge in [-0.25, -0.2) is 14.4 Å². The molecule has 0 radical (unpaired) electrons. The van der Waals surface area contributed by atoms with E-state index in [1.54, 1.807) is 36.4 Å². The van der Waals surface area contributed by atoms with Gasteiger partial charge in [-0.3, -0.25) is 4.79 Å². The van der Waals surface area contributed by atoms with Crippen LogP contribution in [0.3, 0.4) is 0 Å². The third kappa shape index (κ3) is 4.22. The van der Waals surface area contributed by atoms with Gasteiger partial charge in [0.25, 0.3) is 0 Å². The van der Waals surface area contributed by atoms with Gasteiger partial charge in [0.2, 0.25) is 5.91 Å². The highest BCUT2D eigenvalue weighted by molar-refractivity contribution is 5.93. The molecule has 5 nitrogen and oxygen atoms in total. The standard InChI is InChI=1S/C24H22FN3O2/c1-14(2)11-21-24(28-22(30)12-15-3-7-18(29)8-4-15)27-20-10-5-16-13-17(25)6-9-19(16)23(20)26-21/h3-4,6-9,11,13,29H,5,10,12H2,1-2H3,(H,27,28,30). The van der Waals surface area contributed by atoms with Crippen LogP contribution in [0.1, 0.15) is 36.4 Å². The lowest BCUT2D eigenvalue weighted by Crippen LogP contribution is -2.19. The molecule has 1 aromatic heterocycles. The first-order valence-corrected chi connectivity index (χ1v) is 9.81. The van der Waals surface area contributed by atoms with Gasteiger partial charge >= 0.3 is 0 Å². The summed E-state index contributed by atoms with van der Waals surface area (Å²) in [6.07, 6.45) is 3.35. The van der Waals surface area contributed by atoms with Crippen LogP contribution in [0.4, 0.5) is 10.2 Å². The number of nitrogens with zero attached hydrogens (tertiary/aromatic N) is 2. The number of aromatic hydroxyl groups is 1. The zero-order valence-corrected chi connectivity index (χ0v) is 16.9. The molecule has 1 aliphatic rings. The van der Waals surface area contributed by atoms with Gasteiger partial charge in [-0.05, 0) is 74.2 Å². The summed E-state index contributed by atoms with van der Waals surface area (Å²) in [5, 5.41) is 12.3. The number of hydrogen-bond donors (Lipinski definition) is 2. The van der Waals surface area contributed by atoms with E-state index in [0.29, 0.717) is 24.4 Å². The number of benzene rings is 2. The molecular formula is C24H22FN3O2. The molecule has 30 heavy (non-hydrogen) atoms. The number of aromatic nitrogens is 2. The molecule has 2 N–H and O–H groups in total. The van der Waals surface area contributed by atoms with Gasteiger partial charge in [-0.15, -0.1) is 0 Å². The zero-order chi connectivity index (χ0) is 21.3. The summed E-state index contributed by atoms with van der Waals surface area (Å²) in [6.45, 7) is 3.90. The molecule has 2 aromatic carbocycles. The number of aryl methyl sites for hydroxylation is 2. The van der Waals surface area contributed by atoms with E-state index in [1.165, 1.54) is 6.07 Å². The van der Waals surface area contributed by atoms with Crippen LogP contribution in [0.2, 0.25) is 0 Å².